The summed E-state index contributed by atoms with van der Waals surface area (Å²) in [5, 5.41) is 10.2. The fourth-order valence-corrected chi connectivity index (χ4v) is 4.47. The van der Waals surface area contributed by atoms with Gasteiger partial charge in [-0.2, -0.15) is 5.10 Å². The Morgan fingerprint density at radius 2 is 1.96 bits per heavy atom. The second kappa shape index (κ2) is 6.97. The van der Waals surface area contributed by atoms with E-state index in [1.165, 1.54) is 0 Å². The van der Waals surface area contributed by atoms with E-state index >= 15 is 0 Å². The van der Waals surface area contributed by atoms with Gasteiger partial charge < -0.3 is 10.6 Å². The lowest BCUT2D eigenvalue weighted by Crippen LogP contribution is -2.57. The molecule has 1 aromatic carbocycles. The number of hydrogen-bond acceptors (Lipinski definition) is 5. The van der Waals surface area contributed by atoms with Gasteiger partial charge in [0.25, 0.3) is 0 Å². The van der Waals surface area contributed by atoms with Crippen LogP contribution in [-0.2, 0) is 21.2 Å². The van der Waals surface area contributed by atoms with E-state index < -0.39 is 20.5 Å². The van der Waals surface area contributed by atoms with Crippen LogP contribution in [0.25, 0.3) is 5.69 Å². The Hall–Kier alpha value is -2.19. The molecule has 8 heteroatoms. The summed E-state index contributed by atoms with van der Waals surface area (Å²) in [6.07, 6.45) is 5.22. The van der Waals surface area contributed by atoms with Crippen molar-refractivity contribution in [2.75, 3.05) is 19.3 Å². The standard InChI is InChI=1S/C17H22N4O3S/c1-25(23,24)17(7-9-18-10-8-17)16(22)19-11-14-12-20-21(13-14)15-5-3-2-4-6-15/h2-6,12-13,18H,7-11H2,1H3,(H,19,22). The summed E-state index contributed by atoms with van der Waals surface area (Å²) in [5.41, 5.74) is 1.74. The molecule has 2 heterocycles. The Bertz CT molecular complexity index is 840. The Morgan fingerprint density at radius 1 is 1.28 bits per heavy atom. The quantitative estimate of drug-likeness (QED) is 0.815. The number of aromatic nitrogens is 2. The number of rotatable bonds is 5. The van der Waals surface area contributed by atoms with Gasteiger partial charge in [-0.3, -0.25) is 4.79 Å². The van der Waals surface area contributed by atoms with Gasteiger partial charge in [0.15, 0.2) is 14.6 Å². The van der Waals surface area contributed by atoms with Crippen molar-refractivity contribution < 1.29 is 13.2 Å². The zero-order chi connectivity index (χ0) is 17.9. The molecule has 1 aromatic heterocycles. The first-order valence-electron chi connectivity index (χ1n) is 8.20. The van der Waals surface area contributed by atoms with Gasteiger partial charge in [0.05, 0.1) is 11.9 Å². The first-order chi connectivity index (χ1) is 11.9. The highest BCUT2D eigenvalue weighted by molar-refractivity contribution is 7.92. The third-order valence-electron chi connectivity index (χ3n) is 4.64. The lowest BCUT2D eigenvalue weighted by molar-refractivity contribution is -0.124. The Morgan fingerprint density at radius 3 is 2.60 bits per heavy atom. The Labute approximate surface area is 147 Å². The maximum Gasteiger partial charge on any atom is 0.241 e. The molecule has 0 atom stereocenters. The molecule has 1 amide bonds. The number of hydrogen-bond donors (Lipinski definition) is 2. The van der Waals surface area contributed by atoms with E-state index in [-0.39, 0.29) is 6.54 Å². The monoisotopic (exact) mass is 362 g/mol. The van der Waals surface area contributed by atoms with Crippen LogP contribution >= 0.6 is 0 Å². The van der Waals surface area contributed by atoms with Crippen molar-refractivity contribution in [1.29, 1.82) is 0 Å². The van der Waals surface area contributed by atoms with Crippen molar-refractivity contribution >= 4 is 15.7 Å². The minimum absolute atomic E-state index is 0.246. The van der Waals surface area contributed by atoms with Crippen molar-refractivity contribution in [3.63, 3.8) is 0 Å². The van der Waals surface area contributed by atoms with E-state index in [0.717, 1.165) is 17.5 Å². The number of carbonyl (C=O) groups excluding carboxylic acids is 1. The molecule has 0 unspecified atom stereocenters. The van der Waals surface area contributed by atoms with Gasteiger partial charge >= 0.3 is 0 Å². The van der Waals surface area contributed by atoms with Gasteiger partial charge in [-0.15, -0.1) is 0 Å². The van der Waals surface area contributed by atoms with Gasteiger partial charge in [0, 0.05) is 24.6 Å². The van der Waals surface area contributed by atoms with Gasteiger partial charge in [-0.05, 0) is 38.1 Å². The first kappa shape index (κ1) is 17.6. The number of sulfone groups is 1. The second-order valence-corrected chi connectivity index (χ2v) is 8.65. The number of carbonyl (C=O) groups is 1. The zero-order valence-corrected chi connectivity index (χ0v) is 14.9. The van der Waals surface area contributed by atoms with Crippen LogP contribution in [0.1, 0.15) is 18.4 Å². The molecule has 1 aliphatic heterocycles. The fraction of sp³-hybridized carbons (Fsp3) is 0.412. The molecule has 134 valence electrons. The lowest BCUT2D eigenvalue weighted by atomic mass is 9.96. The highest BCUT2D eigenvalue weighted by Gasteiger charge is 2.48. The molecule has 0 bridgehead atoms. The van der Waals surface area contributed by atoms with Crippen LogP contribution in [0, 0.1) is 0 Å². The van der Waals surface area contributed by atoms with Crippen LogP contribution in [0.3, 0.4) is 0 Å². The summed E-state index contributed by atoms with van der Waals surface area (Å²) >= 11 is 0. The highest BCUT2D eigenvalue weighted by Crippen LogP contribution is 2.28. The topological polar surface area (TPSA) is 93.1 Å². The Balaban J connectivity index is 1.71. The second-order valence-electron chi connectivity index (χ2n) is 6.33. The van der Waals surface area contributed by atoms with E-state index in [2.05, 4.69) is 15.7 Å². The summed E-state index contributed by atoms with van der Waals surface area (Å²) in [7, 11) is -3.50. The summed E-state index contributed by atoms with van der Waals surface area (Å²) in [4.78, 5) is 12.7. The van der Waals surface area contributed by atoms with Crippen molar-refractivity contribution in [2.45, 2.75) is 24.1 Å². The van der Waals surface area contributed by atoms with E-state index in [9.17, 15) is 13.2 Å². The molecule has 2 N–H and O–H groups in total. The molecule has 25 heavy (non-hydrogen) atoms. The maximum atomic E-state index is 12.7. The first-order valence-corrected chi connectivity index (χ1v) is 10.1. The molecular formula is C17H22N4O3S. The van der Waals surface area contributed by atoms with Gasteiger partial charge in [-0.25, -0.2) is 13.1 Å². The van der Waals surface area contributed by atoms with Crippen LogP contribution < -0.4 is 10.6 Å². The maximum absolute atomic E-state index is 12.7. The summed E-state index contributed by atoms with van der Waals surface area (Å²) < 4.78 is 24.9. The molecule has 0 saturated carbocycles. The molecule has 1 aliphatic rings. The molecule has 0 aliphatic carbocycles. The van der Waals surface area contributed by atoms with Gasteiger partial charge in [-0.1, -0.05) is 18.2 Å². The normalized spacial score (nSPS) is 17.2. The molecular weight excluding hydrogens is 340 g/mol. The third-order valence-corrected chi connectivity index (χ3v) is 6.66. The molecule has 7 nitrogen and oxygen atoms in total. The minimum Gasteiger partial charge on any atom is -0.351 e. The Kier molecular flexibility index (Phi) is 4.91. The van der Waals surface area contributed by atoms with Gasteiger partial charge in [0.2, 0.25) is 5.91 Å². The van der Waals surface area contributed by atoms with E-state index in [4.69, 9.17) is 0 Å². The van der Waals surface area contributed by atoms with Crippen LogP contribution in [0.15, 0.2) is 42.7 Å². The average Bonchev–Trinajstić information content (AvgIpc) is 3.09. The van der Waals surface area contributed by atoms with E-state index in [0.29, 0.717) is 25.9 Å². The van der Waals surface area contributed by atoms with Gasteiger partial charge in [0.1, 0.15) is 0 Å². The zero-order valence-electron chi connectivity index (χ0n) is 14.1. The number of piperidine rings is 1. The van der Waals surface area contributed by atoms with Crippen molar-refractivity contribution in [3.05, 3.63) is 48.3 Å². The molecule has 2 aromatic rings. The fourth-order valence-electron chi connectivity index (χ4n) is 3.11. The van der Waals surface area contributed by atoms with Crippen molar-refractivity contribution in [2.24, 2.45) is 0 Å². The van der Waals surface area contributed by atoms with E-state index in [1.807, 2.05) is 36.5 Å². The van der Waals surface area contributed by atoms with Crippen molar-refractivity contribution in [3.8, 4) is 5.69 Å². The minimum atomic E-state index is -3.50. The largest absolute Gasteiger partial charge is 0.351 e. The SMILES string of the molecule is CS(=O)(=O)C1(C(=O)NCc2cnn(-c3ccccc3)c2)CCNCC1. The van der Waals surface area contributed by atoms with E-state index in [1.54, 1.807) is 10.9 Å². The summed E-state index contributed by atoms with van der Waals surface area (Å²) in [5.74, 6) is -0.427. The summed E-state index contributed by atoms with van der Waals surface area (Å²) in [6.45, 7) is 1.29. The van der Waals surface area contributed by atoms with Crippen LogP contribution in [0.4, 0.5) is 0 Å². The number of para-hydroxylation sites is 1. The lowest BCUT2D eigenvalue weighted by Gasteiger charge is -2.34. The highest BCUT2D eigenvalue weighted by atomic mass is 32.2. The average molecular weight is 362 g/mol. The number of nitrogens with zero attached hydrogens (tertiary/aromatic N) is 2. The molecule has 1 fully saturated rings. The van der Waals surface area contributed by atoms with Crippen LogP contribution in [0.2, 0.25) is 0 Å². The number of benzene rings is 1. The molecule has 0 spiro atoms. The van der Waals surface area contributed by atoms with Crippen LogP contribution in [0.5, 0.6) is 0 Å². The van der Waals surface area contributed by atoms with Crippen molar-refractivity contribution in [1.82, 2.24) is 20.4 Å². The molecule has 1 saturated heterocycles. The number of amides is 1. The van der Waals surface area contributed by atoms with Crippen LogP contribution in [-0.4, -0.2) is 48.2 Å². The summed E-state index contributed by atoms with van der Waals surface area (Å²) in [6, 6.07) is 9.64. The number of nitrogens with one attached hydrogen (secondary N) is 2. The third kappa shape index (κ3) is 3.59. The molecule has 0 radical (unpaired) electrons. The predicted molar refractivity (Wildman–Crippen MR) is 95.1 cm³/mol. The predicted octanol–water partition coefficient (Wildman–Crippen LogP) is 0.655. The smallest absolute Gasteiger partial charge is 0.241 e. The molecule has 3 rings (SSSR count).